The number of carbonyl (C=O) groups is 1. The Hall–Kier alpha value is -2.64. The van der Waals surface area contributed by atoms with Crippen LogP contribution in [0.3, 0.4) is 0 Å². The van der Waals surface area contributed by atoms with Crippen molar-refractivity contribution in [1.82, 2.24) is 0 Å². The van der Waals surface area contributed by atoms with Crippen molar-refractivity contribution >= 4 is 34.6 Å². The molecule has 1 fully saturated rings. The number of aryl methyl sites for hydroxylation is 1. The Labute approximate surface area is 211 Å². The lowest BCUT2D eigenvalue weighted by atomic mass is 9.74. The number of nitrogens with two attached hydrogens (primary N) is 1. The normalized spacial score (nSPS) is 23.7. The van der Waals surface area contributed by atoms with Gasteiger partial charge in [0.15, 0.2) is 0 Å². The number of Topliss-reactive ketones (excluding diaryl/α,β-unsaturated/α-hetero) is 1. The molecule has 0 aromatic heterocycles. The number of alkyl halides is 1. The second kappa shape index (κ2) is 9.78. The molecule has 2 heterocycles. The number of hydrogen-bond acceptors (Lipinski definition) is 6. The van der Waals surface area contributed by atoms with Gasteiger partial charge in [-0.3, -0.25) is 9.79 Å². The fourth-order valence-electron chi connectivity index (χ4n) is 4.99. The van der Waals surface area contributed by atoms with Gasteiger partial charge in [0.25, 0.3) is 0 Å². The zero-order valence-corrected chi connectivity index (χ0v) is 21.4. The molecule has 0 spiro atoms. The number of hydrogen-bond donors (Lipinski definition) is 2. The standard InChI is InChI=1S/C27H33ClFN3O3/c1-16-8-9-18(35-26(2,3)29)14-21(16)31-20-7-5-6-19(24(20)28)27(4)15-22(33)23(25(30)32-27)17-10-12-34-13-11-17/h5-9,14,17,23,31H,10-13,15H2,1-4H3,(H2,30,32)/t23?,27-/m0/s1. The minimum Gasteiger partial charge on any atom is -0.458 e. The van der Waals surface area contributed by atoms with Gasteiger partial charge in [0.1, 0.15) is 17.4 Å². The lowest BCUT2D eigenvalue weighted by Crippen LogP contribution is -2.46. The van der Waals surface area contributed by atoms with E-state index < -0.39 is 11.4 Å². The predicted molar refractivity (Wildman–Crippen MR) is 137 cm³/mol. The van der Waals surface area contributed by atoms with Gasteiger partial charge in [-0.15, -0.1) is 0 Å². The van der Waals surface area contributed by atoms with E-state index in [0.29, 0.717) is 35.5 Å². The van der Waals surface area contributed by atoms with Gasteiger partial charge in [0.05, 0.1) is 22.2 Å². The number of nitrogens with one attached hydrogen (secondary N) is 1. The van der Waals surface area contributed by atoms with E-state index in [1.165, 1.54) is 13.8 Å². The molecule has 188 valence electrons. The quantitative estimate of drug-likeness (QED) is 0.502. The summed E-state index contributed by atoms with van der Waals surface area (Å²) in [5.74, 6) is -1.13. The third-order valence-corrected chi connectivity index (χ3v) is 7.12. The lowest BCUT2D eigenvalue weighted by molar-refractivity contribution is -0.125. The number of ether oxygens (including phenoxy) is 2. The Morgan fingerprint density at radius 2 is 1.94 bits per heavy atom. The molecule has 1 saturated heterocycles. The van der Waals surface area contributed by atoms with Crippen molar-refractivity contribution in [3.05, 3.63) is 52.5 Å². The SMILES string of the molecule is Cc1ccc(OC(C)(C)F)cc1Nc1cccc([C@]2(C)CC(=O)C(C3CCOCC3)C(N)=N2)c1Cl. The fraction of sp³-hybridized carbons (Fsp3) is 0.481. The van der Waals surface area contributed by atoms with Crippen LogP contribution in [0.2, 0.25) is 5.02 Å². The molecule has 2 atom stereocenters. The number of nitrogens with zero attached hydrogens (tertiary/aromatic N) is 1. The van der Waals surface area contributed by atoms with E-state index in [-0.39, 0.29) is 24.0 Å². The van der Waals surface area contributed by atoms with Crippen LogP contribution < -0.4 is 15.8 Å². The van der Waals surface area contributed by atoms with Gasteiger partial charge in [-0.2, -0.15) is 4.39 Å². The van der Waals surface area contributed by atoms with Crippen molar-refractivity contribution in [2.24, 2.45) is 22.6 Å². The third-order valence-electron chi connectivity index (χ3n) is 6.72. The van der Waals surface area contributed by atoms with E-state index in [9.17, 15) is 9.18 Å². The fourth-order valence-corrected chi connectivity index (χ4v) is 5.36. The highest BCUT2D eigenvalue weighted by Crippen LogP contribution is 2.43. The van der Waals surface area contributed by atoms with Gasteiger partial charge in [-0.25, -0.2) is 0 Å². The summed E-state index contributed by atoms with van der Waals surface area (Å²) in [5, 5.41) is 3.79. The van der Waals surface area contributed by atoms with E-state index in [1.807, 2.05) is 38.1 Å². The summed E-state index contributed by atoms with van der Waals surface area (Å²) < 4.78 is 24.8. The molecular formula is C27H33ClFN3O3. The van der Waals surface area contributed by atoms with Crippen LogP contribution >= 0.6 is 11.6 Å². The molecule has 35 heavy (non-hydrogen) atoms. The number of aliphatic imine (C=N–C) groups is 1. The molecule has 2 aliphatic rings. The topological polar surface area (TPSA) is 85.9 Å². The number of anilines is 2. The van der Waals surface area contributed by atoms with Crippen LogP contribution in [0.1, 0.15) is 51.2 Å². The average molecular weight is 502 g/mol. The first kappa shape index (κ1) is 25.5. The van der Waals surface area contributed by atoms with Crippen LogP contribution in [0.4, 0.5) is 15.8 Å². The number of carbonyl (C=O) groups excluding carboxylic acids is 1. The molecule has 3 N–H and O–H groups in total. The summed E-state index contributed by atoms with van der Waals surface area (Å²) in [7, 11) is 0. The van der Waals surface area contributed by atoms with E-state index in [0.717, 1.165) is 29.7 Å². The molecule has 0 radical (unpaired) electrons. The number of rotatable bonds is 6. The zero-order chi connectivity index (χ0) is 25.4. The molecule has 8 heteroatoms. The van der Waals surface area contributed by atoms with Gasteiger partial charge in [-0.1, -0.05) is 29.8 Å². The van der Waals surface area contributed by atoms with Crippen molar-refractivity contribution in [2.75, 3.05) is 18.5 Å². The van der Waals surface area contributed by atoms with Gasteiger partial charge >= 0.3 is 0 Å². The maximum atomic E-state index is 14.0. The molecular weight excluding hydrogens is 469 g/mol. The first-order valence-electron chi connectivity index (χ1n) is 12.0. The van der Waals surface area contributed by atoms with Crippen LogP contribution in [0.15, 0.2) is 41.4 Å². The predicted octanol–water partition coefficient (Wildman–Crippen LogP) is 6.06. The highest BCUT2D eigenvalue weighted by atomic mass is 35.5. The molecule has 2 aromatic carbocycles. The van der Waals surface area contributed by atoms with E-state index in [1.54, 1.807) is 12.1 Å². The molecule has 2 aliphatic heterocycles. The van der Waals surface area contributed by atoms with Gasteiger partial charge < -0.3 is 20.5 Å². The van der Waals surface area contributed by atoms with Crippen molar-refractivity contribution < 1.29 is 18.7 Å². The summed E-state index contributed by atoms with van der Waals surface area (Å²) in [6.07, 6.45) is 1.85. The monoisotopic (exact) mass is 501 g/mol. The van der Waals surface area contributed by atoms with Gasteiger partial charge in [0.2, 0.25) is 5.85 Å². The van der Waals surface area contributed by atoms with Crippen molar-refractivity contribution in [3.8, 4) is 5.75 Å². The second-order valence-corrected chi connectivity index (χ2v) is 10.5. The zero-order valence-electron chi connectivity index (χ0n) is 20.7. The van der Waals surface area contributed by atoms with Crippen LogP contribution in [-0.2, 0) is 15.1 Å². The molecule has 0 saturated carbocycles. The van der Waals surface area contributed by atoms with Crippen molar-refractivity contribution in [2.45, 2.75) is 58.4 Å². The largest absolute Gasteiger partial charge is 0.458 e. The highest BCUT2D eigenvalue weighted by Gasteiger charge is 2.43. The molecule has 0 aliphatic carbocycles. The van der Waals surface area contributed by atoms with Crippen LogP contribution in [-0.4, -0.2) is 30.7 Å². The summed E-state index contributed by atoms with van der Waals surface area (Å²) in [5.41, 5.74) is 8.58. The number of amidine groups is 1. The molecule has 0 amide bonds. The van der Waals surface area contributed by atoms with E-state index in [2.05, 4.69) is 5.32 Å². The molecule has 6 nitrogen and oxygen atoms in total. The summed E-state index contributed by atoms with van der Waals surface area (Å²) in [6, 6.07) is 10.9. The number of halogens is 2. The Morgan fingerprint density at radius 3 is 2.60 bits per heavy atom. The van der Waals surface area contributed by atoms with Gasteiger partial charge in [0, 0.05) is 50.8 Å². The second-order valence-electron chi connectivity index (χ2n) is 10.1. The highest BCUT2D eigenvalue weighted by molar-refractivity contribution is 6.34. The summed E-state index contributed by atoms with van der Waals surface area (Å²) >= 11 is 6.87. The first-order valence-corrected chi connectivity index (χ1v) is 12.3. The van der Waals surface area contributed by atoms with Crippen LogP contribution in [0.25, 0.3) is 0 Å². The lowest BCUT2D eigenvalue weighted by Gasteiger charge is -2.37. The molecule has 1 unspecified atom stereocenters. The van der Waals surface area contributed by atoms with Gasteiger partial charge in [-0.05, 0) is 50.3 Å². The summed E-state index contributed by atoms with van der Waals surface area (Å²) in [4.78, 5) is 18.1. The third kappa shape index (κ3) is 5.62. The van der Waals surface area contributed by atoms with Crippen LogP contribution in [0.5, 0.6) is 5.75 Å². The molecule has 4 rings (SSSR count). The van der Waals surface area contributed by atoms with Crippen LogP contribution in [0, 0.1) is 18.8 Å². The number of benzene rings is 2. The minimum absolute atomic E-state index is 0.0934. The van der Waals surface area contributed by atoms with Crippen molar-refractivity contribution in [3.63, 3.8) is 0 Å². The van der Waals surface area contributed by atoms with E-state index in [4.69, 9.17) is 31.8 Å². The molecule has 0 bridgehead atoms. The smallest absolute Gasteiger partial charge is 0.242 e. The Morgan fingerprint density at radius 1 is 1.23 bits per heavy atom. The van der Waals surface area contributed by atoms with Crippen molar-refractivity contribution in [1.29, 1.82) is 0 Å². The molecule has 2 aromatic rings. The summed E-state index contributed by atoms with van der Waals surface area (Å²) in [6.45, 7) is 7.83. The average Bonchev–Trinajstić information content (AvgIpc) is 2.76. The Balaban J connectivity index is 1.63. The van der Waals surface area contributed by atoms with E-state index >= 15 is 0 Å². The Bertz CT molecular complexity index is 1140. The minimum atomic E-state index is -1.80. The Kier molecular flexibility index (Phi) is 7.11. The maximum Gasteiger partial charge on any atom is 0.242 e. The maximum absolute atomic E-state index is 14.0. The number of ketones is 1. The first-order chi connectivity index (χ1) is 16.5.